The van der Waals surface area contributed by atoms with Crippen LogP contribution in [0.5, 0.6) is 0 Å². The molecule has 0 saturated carbocycles. The molecule has 1 amide bonds. The van der Waals surface area contributed by atoms with Crippen LogP contribution in [0.3, 0.4) is 0 Å². The molecule has 2 aliphatic rings. The topological polar surface area (TPSA) is 41.1 Å². The second-order valence-electron chi connectivity index (χ2n) is 6.32. The molecule has 3 atom stereocenters. The Bertz CT molecular complexity index is 727. The van der Waals surface area contributed by atoms with Crippen molar-refractivity contribution in [2.45, 2.75) is 41.2 Å². The minimum absolute atomic E-state index is 0.124. The molecule has 0 radical (unpaired) electrons. The fourth-order valence-corrected chi connectivity index (χ4v) is 6.08. The first-order chi connectivity index (χ1) is 11.2. The van der Waals surface area contributed by atoms with Crippen molar-refractivity contribution in [1.29, 1.82) is 0 Å². The third-order valence-electron chi connectivity index (χ3n) is 4.63. The van der Waals surface area contributed by atoms with E-state index in [1.54, 1.807) is 0 Å². The average molecular weight is 345 g/mol. The van der Waals surface area contributed by atoms with Gasteiger partial charge in [-0.25, -0.2) is 0 Å². The molecule has 0 aliphatic carbocycles. The van der Waals surface area contributed by atoms with Crippen LogP contribution in [0.25, 0.3) is 0 Å². The first-order valence-electron chi connectivity index (χ1n) is 8.07. The largest absolute Gasteiger partial charge is 0.326 e. The second-order valence-corrected chi connectivity index (χ2v) is 8.95. The lowest BCUT2D eigenvalue weighted by atomic mass is 9.90. The molecule has 0 fully saturated rings. The quantitative estimate of drug-likeness (QED) is 0.868. The number of anilines is 1. The number of hydrogen-bond donors (Lipinski definition) is 2. The maximum Gasteiger partial charge on any atom is 0.225 e. The van der Waals surface area contributed by atoms with Gasteiger partial charge in [0, 0.05) is 35.9 Å². The van der Waals surface area contributed by atoms with E-state index in [1.807, 2.05) is 35.2 Å². The summed E-state index contributed by atoms with van der Waals surface area (Å²) in [5.74, 6) is 0.381. The van der Waals surface area contributed by atoms with Gasteiger partial charge in [0.05, 0.1) is 4.21 Å². The SMILES string of the molecule is C[C@H]1C[C@H](NC[C@@H]2CC(=O)Nc3ccccc32)c2ccsc2S1. The van der Waals surface area contributed by atoms with Gasteiger partial charge in [0.1, 0.15) is 0 Å². The Morgan fingerprint density at radius 1 is 1.26 bits per heavy atom. The summed E-state index contributed by atoms with van der Waals surface area (Å²) in [6.45, 7) is 3.15. The molecule has 4 rings (SSSR count). The standard InChI is InChI=1S/C18H20N2OS2/c1-11-8-16(14-6-7-22-18(14)23-11)19-10-12-9-17(21)20-15-5-3-2-4-13(12)15/h2-7,11-12,16,19H,8-10H2,1H3,(H,20,21)/t11-,12-,16-/m0/s1. The highest BCUT2D eigenvalue weighted by atomic mass is 32.2. The van der Waals surface area contributed by atoms with E-state index in [0.29, 0.717) is 17.7 Å². The molecule has 23 heavy (non-hydrogen) atoms. The van der Waals surface area contributed by atoms with Crippen molar-refractivity contribution in [2.75, 3.05) is 11.9 Å². The fourth-order valence-electron chi connectivity index (χ4n) is 3.51. The number of benzene rings is 1. The Labute approximate surface area is 144 Å². The predicted octanol–water partition coefficient (Wildman–Crippen LogP) is 4.39. The molecule has 1 aromatic heterocycles. The summed E-state index contributed by atoms with van der Waals surface area (Å²) < 4.78 is 1.45. The van der Waals surface area contributed by atoms with E-state index < -0.39 is 0 Å². The van der Waals surface area contributed by atoms with Crippen molar-refractivity contribution in [1.82, 2.24) is 5.32 Å². The minimum atomic E-state index is 0.124. The number of thioether (sulfide) groups is 1. The summed E-state index contributed by atoms with van der Waals surface area (Å²) in [5, 5.41) is 9.54. The summed E-state index contributed by atoms with van der Waals surface area (Å²) >= 11 is 3.83. The summed E-state index contributed by atoms with van der Waals surface area (Å²) in [5.41, 5.74) is 3.66. The van der Waals surface area contributed by atoms with E-state index in [2.05, 4.69) is 41.1 Å². The molecule has 2 N–H and O–H groups in total. The Morgan fingerprint density at radius 2 is 2.13 bits per heavy atom. The Hall–Kier alpha value is -1.30. The fraction of sp³-hybridized carbons (Fsp3) is 0.389. The summed E-state index contributed by atoms with van der Waals surface area (Å²) in [6, 6.07) is 10.8. The van der Waals surface area contributed by atoms with Gasteiger partial charge in [0.25, 0.3) is 0 Å². The highest BCUT2D eigenvalue weighted by Gasteiger charge is 2.29. The van der Waals surface area contributed by atoms with Crippen LogP contribution in [0.4, 0.5) is 5.69 Å². The lowest BCUT2D eigenvalue weighted by Crippen LogP contribution is -2.33. The Morgan fingerprint density at radius 3 is 3.04 bits per heavy atom. The number of fused-ring (bicyclic) bond motifs is 2. The number of nitrogens with one attached hydrogen (secondary N) is 2. The van der Waals surface area contributed by atoms with Crippen LogP contribution < -0.4 is 10.6 Å². The molecule has 3 nitrogen and oxygen atoms in total. The molecule has 0 unspecified atom stereocenters. The number of amides is 1. The first kappa shape index (κ1) is 15.2. The number of carbonyl (C=O) groups is 1. The number of thiophene rings is 1. The molecule has 120 valence electrons. The van der Waals surface area contributed by atoms with E-state index in [4.69, 9.17) is 0 Å². The smallest absolute Gasteiger partial charge is 0.225 e. The van der Waals surface area contributed by atoms with Crippen molar-refractivity contribution in [3.05, 3.63) is 46.8 Å². The van der Waals surface area contributed by atoms with Crippen molar-refractivity contribution in [3.8, 4) is 0 Å². The monoisotopic (exact) mass is 344 g/mol. The average Bonchev–Trinajstić information content (AvgIpc) is 3.00. The van der Waals surface area contributed by atoms with Crippen LogP contribution >= 0.6 is 23.1 Å². The highest BCUT2D eigenvalue weighted by Crippen LogP contribution is 2.44. The lowest BCUT2D eigenvalue weighted by Gasteiger charge is -2.31. The number of rotatable bonds is 3. The molecule has 0 bridgehead atoms. The van der Waals surface area contributed by atoms with E-state index in [0.717, 1.165) is 18.7 Å². The molecule has 2 aliphatic heterocycles. The third-order valence-corrected chi connectivity index (χ3v) is 6.97. The van der Waals surface area contributed by atoms with Gasteiger partial charge in [-0.15, -0.1) is 23.1 Å². The molecular formula is C18H20N2OS2. The van der Waals surface area contributed by atoms with Gasteiger partial charge in [0.2, 0.25) is 5.91 Å². The molecule has 2 aromatic rings. The maximum absolute atomic E-state index is 12.0. The zero-order valence-electron chi connectivity index (χ0n) is 13.0. The summed E-state index contributed by atoms with van der Waals surface area (Å²) in [7, 11) is 0. The van der Waals surface area contributed by atoms with Crippen LogP contribution in [0.2, 0.25) is 0 Å². The van der Waals surface area contributed by atoms with Crippen LogP contribution in [-0.4, -0.2) is 17.7 Å². The maximum atomic E-state index is 12.0. The zero-order valence-corrected chi connectivity index (χ0v) is 14.7. The van der Waals surface area contributed by atoms with Gasteiger partial charge >= 0.3 is 0 Å². The number of hydrogen-bond acceptors (Lipinski definition) is 4. The van der Waals surface area contributed by atoms with Crippen molar-refractivity contribution in [3.63, 3.8) is 0 Å². The van der Waals surface area contributed by atoms with E-state index >= 15 is 0 Å². The molecule has 0 spiro atoms. The number of para-hydroxylation sites is 1. The first-order valence-corrected chi connectivity index (χ1v) is 9.83. The summed E-state index contributed by atoms with van der Waals surface area (Å²) in [4.78, 5) is 12.0. The third kappa shape index (κ3) is 3.05. The van der Waals surface area contributed by atoms with Gasteiger partial charge in [-0.05, 0) is 35.1 Å². The minimum Gasteiger partial charge on any atom is -0.326 e. The van der Waals surface area contributed by atoms with Crippen molar-refractivity contribution >= 4 is 34.7 Å². The predicted molar refractivity (Wildman–Crippen MR) is 97.4 cm³/mol. The van der Waals surface area contributed by atoms with E-state index in [-0.39, 0.29) is 11.8 Å². The zero-order chi connectivity index (χ0) is 15.8. The van der Waals surface area contributed by atoms with Crippen LogP contribution in [0.1, 0.15) is 42.9 Å². The molecular weight excluding hydrogens is 324 g/mol. The normalized spacial score (nSPS) is 26.3. The molecule has 0 saturated heterocycles. The number of carbonyl (C=O) groups excluding carboxylic acids is 1. The van der Waals surface area contributed by atoms with Gasteiger partial charge < -0.3 is 10.6 Å². The van der Waals surface area contributed by atoms with E-state index in [1.165, 1.54) is 15.3 Å². The lowest BCUT2D eigenvalue weighted by molar-refractivity contribution is -0.116. The van der Waals surface area contributed by atoms with Gasteiger partial charge in [-0.3, -0.25) is 4.79 Å². The second kappa shape index (κ2) is 6.30. The van der Waals surface area contributed by atoms with Gasteiger partial charge in [0.15, 0.2) is 0 Å². The molecule has 3 heterocycles. The Balaban J connectivity index is 1.51. The molecule has 5 heteroatoms. The Kier molecular flexibility index (Phi) is 4.18. The van der Waals surface area contributed by atoms with Crippen LogP contribution in [0.15, 0.2) is 39.9 Å². The van der Waals surface area contributed by atoms with Crippen molar-refractivity contribution < 1.29 is 4.79 Å². The van der Waals surface area contributed by atoms with Gasteiger partial charge in [-0.1, -0.05) is 25.1 Å². The van der Waals surface area contributed by atoms with Crippen molar-refractivity contribution in [2.24, 2.45) is 0 Å². The summed E-state index contributed by atoms with van der Waals surface area (Å²) in [6.07, 6.45) is 1.71. The van der Waals surface area contributed by atoms with Crippen LogP contribution in [0, 0.1) is 0 Å². The van der Waals surface area contributed by atoms with E-state index in [9.17, 15) is 4.79 Å². The van der Waals surface area contributed by atoms with Gasteiger partial charge in [-0.2, -0.15) is 0 Å². The van der Waals surface area contributed by atoms with Crippen LogP contribution in [-0.2, 0) is 4.79 Å². The highest BCUT2D eigenvalue weighted by molar-refractivity contribution is 8.01. The molecule has 1 aromatic carbocycles.